The van der Waals surface area contributed by atoms with Gasteiger partial charge in [0, 0.05) is 10.5 Å². The Labute approximate surface area is 125 Å². The predicted octanol–water partition coefficient (Wildman–Crippen LogP) is 2.59. The van der Waals surface area contributed by atoms with Crippen LogP contribution in [-0.2, 0) is 4.79 Å². The number of carbonyl (C=O) groups is 2. The van der Waals surface area contributed by atoms with Gasteiger partial charge in [0.05, 0.1) is 0 Å². The quantitative estimate of drug-likeness (QED) is 0.860. The largest absolute Gasteiger partial charge is 0.481 e. The van der Waals surface area contributed by atoms with E-state index in [1.54, 1.807) is 6.07 Å². The molecule has 0 unspecified atom stereocenters. The van der Waals surface area contributed by atoms with Crippen LogP contribution in [0.3, 0.4) is 0 Å². The van der Waals surface area contributed by atoms with E-state index in [2.05, 4.69) is 26.6 Å². The van der Waals surface area contributed by atoms with Crippen molar-refractivity contribution < 1.29 is 18.7 Å². The summed E-state index contributed by atoms with van der Waals surface area (Å²) in [5, 5.41) is 4.67. The fourth-order valence-electron chi connectivity index (χ4n) is 1.26. The topological polar surface area (TPSA) is 67.4 Å². The number of amides is 3. The van der Waals surface area contributed by atoms with Crippen molar-refractivity contribution in [3.05, 3.63) is 28.5 Å². The summed E-state index contributed by atoms with van der Waals surface area (Å²) in [4.78, 5) is 22.8. The Morgan fingerprint density at radius 3 is 2.75 bits per heavy atom. The molecule has 1 aromatic carbocycles. The number of nitrogens with one attached hydrogen (secondary N) is 2. The molecule has 1 aromatic rings. The second kappa shape index (κ2) is 7.84. The summed E-state index contributed by atoms with van der Waals surface area (Å²) < 4.78 is 19.0. The Hall–Kier alpha value is -1.63. The third-order valence-electron chi connectivity index (χ3n) is 2.50. The summed E-state index contributed by atoms with van der Waals surface area (Å²) in [6, 6.07) is 3.58. The molecule has 1 rings (SSSR count). The van der Waals surface area contributed by atoms with Crippen molar-refractivity contribution in [1.29, 1.82) is 0 Å². The van der Waals surface area contributed by atoms with E-state index in [0.717, 1.165) is 6.42 Å². The van der Waals surface area contributed by atoms with Crippen LogP contribution >= 0.6 is 15.9 Å². The molecule has 0 spiro atoms. The Morgan fingerprint density at radius 2 is 2.15 bits per heavy atom. The van der Waals surface area contributed by atoms with Crippen LogP contribution in [0, 0.1) is 5.82 Å². The van der Waals surface area contributed by atoms with Crippen molar-refractivity contribution in [2.24, 2.45) is 0 Å². The standard InChI is InChI=1S/C13H16BrFN2O3/c1-3-8(2)16-13(19)17-12(18)7-20-11-5-4-9(14)6-10(11)15/h4-6,8H,3,7H2,1-2H3,(H2,16,17,18,19)/t8-/m0/s1. The minimum Gasteiger partial charge on any atom is -0.481 e. The van der Waals surface area contributed by atoms with Gasteiger partial charge in [-0.05, 0) is 31.5 Å². The van der Waals surface area contributed by atoms with E-state index in [4.69, 9.17) is 4.74 Å². The van der Waals surface area contributed by atoms with Crippen LogP contribution in [0.25, 0.3) is 0 Å². The molecule has 0 saturated carbocycles. The van der Waals surface area contributed by atoms with Crippen LogP contribution in [0.15, 0.2) is 22.7 Å². The maximum atomic E-state index is 13.4. The number of carbonyl (C=O) groups excluding carboxylic acids is 2. The molecule has 1 atom stereocenters. The lowest BCUT2D eigenvalue weighted by Crippen LogP contribution is -2.44. The zero-order valence-corrected chi connectivity index (χ0v) is 12.8. The van der Waals surface area contributed by atoms with Crippen molar-refractivity contribution in [3.63, 3.8) is 0 Å². The lowest BCUT2D eigenvalue weighted by Gasteiger charge is -2.12. The number of halogens is 2. The Bertz CT molecular complexity index is 497. The highest BCUT2D eigenvalue weighted by atomic mass is 79.9. The highest BCUT2D eigenvalue weighted by Gasteiger charge is 2.11. The van der Waals surface area contributed by atoms with Gasteiger partial charge in [0.2, 0.25) is 0 Å². The first-order valence-electron chi connectivity index (χ1n) is 6.10. The molecule has 20 heavy (non-hydrogen) atoms. The minimum absolute atomic E-state index is 0.0346. The molecule has 0 saturated heterocycles. The molecular weight excluding hydrogens is 331 g/mol. The van der Waals surface area contributed by atoms with Gasteiger partial charge in [-0.3, -0.25) is 10.1 Å². The van der Waals surface area contributed by atoms with Crippen molar-refractivity contribution in [2.45, 2.75) is 26.3 Å². The van der Waals surface area contributed by atoms with E-state index < -0.39 is 24.4 Å². The molecule has 0 aromatic heterocycles. The van der Waals surface area contributed by atoms with Crippen LogP contribution < -0.4 is 15.4 Å². The molecule has 3 amide bonds. The van der Waals surface area contributed by atoms with Gasteiger partial charge >= 0.3 is 6.03 Å². The number of urea groups is 1. The third-order valence-corrected chi connectivity index (χ3v) is 2.99. The summed E-state index contributed by atoms with van der Waals surface area (Å²) in [6.07, 6.45) is 0.752. The smallest absolute Gasteiger partial charge is 0.321 e. The summed E-state index contributed by atoms with van der Waals surface area (Å²) in [5.41, 5.74) is 0. The third kappa shape index (κ3) is 5.56. The lowest BCUT2D eigenvalue weighted by atomic mass is 10.3. The zero-order valence-electron chi connectivity index (χ0n) is 11.2. The number of rotatable bonds is 5. The molecule has 0 aliphatic carbocycles. The average Bonchev–Trinajstić information content (AvgIpc) is 2.37. The van der Waals surface area contributed by atoms with E-state index in [0.29, 0.717) is 4.47 Å². The van der Waals surface area contributed by atoms with Gasteiger partial charge in [0.1, 0.15) is 0 Å². The monoisotopic (exact) mass is 346 g/mol. The van der Waals surface area contributed by atoms with Gasteiger partial charge in [0.15, 0.2) is 18.2 Å². The van der Waals surface area contributed by atoms with Crippen molar-refractivity contribution in [1.82, 2.24) is 10.6 Å². The van der Waals surface area contributed by atoms with Gasteiger partial charge in [-0.15, -0.1) is 0 Å². The molecule has 0 bridgehead atoms. The highest BCUT2D eigenvalue weighted by Crippen LogP contribution is 2.21. The second-order valence-corrected chi connectivity index (χ2v) is 5.11. The SMILES string of the molecule is CC[C@H](C)NC(=O)NC(=O)COc1ccc(Br)cc1F. The molecule has 0 heterocycles. The van der Waals surface area contributed by atoms with Crippen LogP contribution in [0.5, 0.6) is 5.75 Å². The first-order valence-corrected chi connectivity index (χ1v) is 6.89. The van der Waals surface area contributed by atoms with Crippen LogP contribution in [-0.4, -0.2) is 24.6 Å². The van der Waals surface area contributed by atoms with Gasteiger partial charge < -0.3 is 10.1 Å². The molecule has 2 N–H and O–H groups in total. The van der Waals surface area contributed by atoms with Gasteiger partial charge in [-0.2, -0.15) is 0 Å². The Morgan fingerprint density at radius 1 is 1.45 bits per heavy atom. The summed E-state index contributed by atoms with van der Waals surface area (Å²) >= 11 is 3.11. The fraction of sp³-hybridized carbons (Fsp3) is 0.385. The minimum atomic E-state index is -0.645. The van der Waals surface area contributed by atoms with E-state index in [-0.39, 0.29) is 11.8 Å². The number of benzene rings is 1. The van der Waals surface area contributed by atoms with Crippen LogP contribution in [0.4, 0.5) is 9.18 Å². The highest BCUT2D eigenvalue weighted by molar-refractivity contribution is 9.10. The summed E-state index contributed by atoms with van der Waals surface area (Å²) in [6.45, 7) is 3.29. The number of imide groups is 1. The van der Waals surface area contributed by atoms with E-state index in [1.165, 1.54) is 12.1 Å². The first kappa shape index (κ1) is 16.4. The van der Waals surface area contributed by atoms with Crippen molar-refractivity contribution in [3.8, 4) is 5.75 Å². The first-order chi connectivity index (χ1) is 9.42. The number of ether oxygens (including phenoxy) is 1. The van der Waals surface area contributed by atoms with E-state index in [9.17, 15) is 14.0 Å². The average molecular weight is 347 g/mol. The number of hydrogen-bond donors (Lipinski definition) is 2. The van der Waals surface area contributed by atoms with Gasteiger partial charge in [-0.1, -0.05) is 22.9 Å². The molecule has 0 fully saturated rings. The Balaban J connectivity index is 2.41. The molecule has 7 heteroatoms. The molecule has 0 aliphatic heterocycles. The molecule has 0 aliphatic rings. The molecule has 5 nitrogen and oxygen atoms in total. The van der Waals surface area contributed by atoms with E-state index in [1.807, 2.05) is 13.8 Å². The Kier molecular flexibility index (Phi) is 6.44. The van der Waals surface area contributed by atoms with Gasteiger partial charge in [-0.25, -0.2) is 9.18 Å². The molecule has 110 valence electrons. The predicted molar refractivity (Wildman–Crippen MR) is 76.0 cm³/mol. The maximum absolute atomic E-state index is 13.4. The van der Waals surface area contributed by atoms with Crippen molar-refractivity contribution in [2.75, 3.05) is 6.61 Å². The summed E-state index contributed by atoms with van der Waals surface area (Å²) in [5.74, 6) is -1.28. The van der Waals surface area contributed by atoms with Gasteiger partial charge in [0.25, 0.3) is 5.91 Å². The zero-order chi connectivity index (χ0) is 15.1. The second-order valence-electron chi connectivity index (χ2n) is 4.19. The fourth-order valence-corrected chi connectivity index (χ4v) is 1.59. The lowest BCUT2D eigenvalue weighted by molar-refractivity contribution is -0.122. The van der Waals surface area contributed by atoms with E-state index >= 15 is 0 Å². The van der Waals surface area contributed by atoms with Crippen LogP contribution in [0.1, 0.15) is 20.3 Å². The van der Waals surface area contributed by atoms with Crippen molar-refractivity contribution >= 4 is 27.9 Å². The summed E-state index contributed by atoms with van der Waals surface area (Å²) in [7, 11) is 0. The number of hydrogen-bond acceptors (Lipinski definition) is 3. The maximum Gasteiger partial charge on any atom is 0.321 e. The normalized spacial score (nSPS) is 11.6. The molecule has 0 radical (unpaired) electrons. The molecular formula is C13H16BrFN2O3. The van der Waals surface area contributed by atoms with Crippen LogP contribution in [0.2, 0.25) is 0 Å².